The molecule has 0 spiro atoms. The fourth-order valence-electron chi connectivity index (χ4n) is 4.61. The van der Waals surface area contributed by atoms with Gasteiger partial charge in [-0.3, -0.25) is 4.79 Å². The van der Waals surface area contributed by atoms with Crippen molar-refractivity contribution in [2.75, 3.05) is 13.2 Å². The summed E-state index contributed by atoms with van der Waals surface area (Å²) in [6, 6.07) is 5.33. The van der Waals surface area contributed by atoms with Crippen LogP contribution in [0.25, 0.3) is 0 Å². The zero-order valence-electron chi connectivity index (χ0n) is 20.7. The molecule has 1 fully saturated rings. The van der Waals surface area contributed by atoms with Crippen molar-refractivity contribution in [1.29, 1.82) is 0 Å². The Hall–Kier alpha value is -1.91. The highest BCUT2D eigenvalue weighted by molar-refractivity contribution is 5.97. The Morgan fingerprint density at radius 3 is 2.00 bits per heavy atom. The summed E-state index contributed by atoms with van der Waals surface area (Å²) >= 11 is 0. The average Bonchev–Trinajstić information content (AvgIpc) is 3.31. The first-order valence-corrected chi connectivity index (χ1v) is 13.4. The summed E-state index contributed by atoms with van der Waals surface area (Å²) in [7, 11) is 0. The van der Waals surface area contributed by atoms with E-state index in [1.807, 2.05) is 0 Å². The van der Waals surface area contributed by atoms with Crippen LogP contribution < -0.4 is 0 Å². The molecule has 1 aliphatic heterocycles. The molecule has 1 atom stereocenters. The number of ether oxygens (including phenoxy) is 1. The molecular weight excluding hydrogens is 417 g/mol. The molecule has 0 saturated carbocycles. The molecule has 1 aromatic carbocycles. The fraction of sp³-hybridized carbons (Fsp3) is 0.714. The van der Waals surface area contributed by atoms with Gasteiger partial charge >= 0.3 is 5.97 Å². The molecule has 33 heavy (non-hydrogen) atoms. The monoisotopic (exact) mass is 461 g/mol. The molecule has 2 rings (SSSR count). The van der Waals surface area contributed by atoms with E-state index in [4.69, 9.17) is 4.74 Å². The van der Waals surface area contributed by atoms with Crippen LogP contribution >= 0.6 is 0 Å². The van der Waals surface area contributed by atoms with Gasteiger partial charge in [-0.05, 0) is 31.4 Å². The average molecular weight is 462 g/mol. The summed E-state index contributed by atoms with van der Waals surface area (Å²) in [6.45, 7) is 3.12. The molecule has 1 heterocycles. The van der Waals surface area contributed by atoms with Gasteiger partial charge in [0.05, 0.1) is 12.2 Å². The third-order valence-electron chi connectivity index (χ3n) is 6.63. The smallest absolute Gasteiger partial charge is 0.328 e. The molecule has 4 nitrogen and oxygen atoms in total. The molecule has 0 aromatic heterocycles. The van der Waals surface area contributed by atoms with Gasteiger partial charge in [0.1, 0.15) is 11.9 Å². The van der Waals surface area contributed by atoms with E-state index < -0.39 is 17.8 Å². The number of unbranched alkanes of at least 4 members (excludes halogenated alkanes) is 13. The molecular formula is C28H44FNO3. The SMILES string of the molecule is CCCCCCCCCCCCCCCCOC(=O)C1CCCN1C(=O)c1ccccc1F. The summed E-state index contributed by atoms with van der Waals surface area (Å²) in [4.78, 5) is 26.6. The molecule has 1 saturated heterocycles. The van der Waals surface area contributed by atoms with E-state index in [2.05, 4.69) is 6.92 Å². The molecule has 0 aliphatic carbocycles. The maximum atomic E-state index is 14.0. The maximum absolute atomic E-state index is 14.0. The quantitative estimate of drug-likeness (QED) is 0.179. The van der Waals surface area contributed by atoms with Crippen molar-refractivity contribution in [3.05, 3.63) is 35.6 Å². The standard InChI is InChI=1S/C28H44FNO3/c1-2-3-4-5-6-7-8-9-10-11-12-13-14-17-23-33-28(32)26-21-18-22-30(26)27(31)24-19-15-16-20-25(24)29/h15-16,19-20,26H,2-14,17-18,21-23H2,1H3. The zero-order valence-corrected chi connectivity index (χ0v) is 20.7. The van der Waals surface area contributed by atoms with Gasteiger partial charge in [-0.25, -0.2) is 9.18 Å². The van der Waals surface area contributed by atoms with E-state index in [-0.39, 0.29) is 11.5 Å². The van der Waals surface area contributed by atoms with Gasteiger partial charge in [0.2, 0.25) is 0 Å². The number of amides is 1. The van der Waals surface area contributed by atoms with Gasteiger partial charge in [-0.1, -0.05) is 103 Å². The number of nitrogens with zero attached hydrogens (tertiary/aromatic N) is 1. The van der Waals surface area contributed by atoms with Crippen molar-refractivity contribution in [3.63, 3.8) is 0 Å². The summed E-state index contributed by atoms with van der Waals surface area (Å²) < 4.78 is 19.4. The molecule has 1 aliphatic rings. The summed E-state index contributed by atoms with van der Waals surface area (Å²) in [5, 5.41) is 0. The zero-order chi connectivity index (χ0) is 23.7. The molecule has 5 heteroatoms. The molecule has 186 valence electrons. The van der Waals surface area contributed by atoms with E-state index in [0.717, 1.165) is 19.3 Å². The van der Waals surface area contributed by atoms with Crippen molar-refractivity contribution in [1.82, 2.24) is 4.90 Å². The van der Waals surface area contributed by atoms with Crippen molar-refractivity contribution < 1.29 is 18.7 Å². The van der Waals surface area contributed by atoms with Gasteiger partial charge in [-0.2, -0.15) is 0 Å². The third-order valence-corrected chi connectivity index (χ3v) is 6.63. The molecule has 1 aromatic rings. The van der Waals surface area contributed by atoms with Crippen LogP contribution in [-0.2, 0) is 9.53 Å². The van der Waals surface area contributed by atoms with Gasteiger partial charge in [0.15, 0.2) is 0 Å². The Balaban J connectivity index is 1.49. The first-order chi connectivity index (χ1) is 16.1. The van der Waals surface area contributed by atoms with E-state index in [0.29, 0.717) is 19.6 Å². The van der Waals surface area contributed by atoms with Gasteiger partial charge in [-0.15, -0.1) is 0 Å². The van der Waals surface area contributed by atoms with Crippen LogP contribution in [0.5, 0.6) is 0 Å². The Morgan fingerprint density at radius 2 is 1.42 bits per heavy atom. The number of hydrogen-bond donors (Lipinski definition) is 0. The summed E-state index contributed by atoms with van der Waals surface area (Å²) in [6.07, 6.45) is 19.3. The maximum Gasteiger partial charge on any atom is 0.328 e. The second-order valence-corrected chi connectivity index (χ2v) is 9.40. The van der Waals surface area contributed by atoms with Gasteiger partial charge in [0, 0.05) is 6.54 Å². The highest BCUT2D eigenvalue weighted by Gasteiger charge is 2.36. The highest BCUT2D eigenvalue weighted by atomic mass is 19.1. The highest BCUT2D eigenvalue weighted by Crippen LogP contribution is 2.22. The van der Waals surface area contributed by atoms with Crippen molar-refractivity contribution in [2.45, 2.75) is 116 Å². The lowest BCUT2D eigenvalue weighted by Crippen LogP contribution is -2.41. The number of halogens is 1. The largest absolute Gasteiger partial charge is 0.464 e. The number of likely N-dealkylation sites (tertiary alicyclic amines) is 1. The van der Waals surface area contributed by atoms with Crippen LogP contribution in [0.1, 0.15) is 120 Å². The number of hydrogen-bond acceptors (Lipinski definition) is 3. The molecule has 0 bridgehead atoms. The molecule has 1 unspecified atom stereocenters. The third kappa shape index (κ3) is 10.3. The normalized spacial score (nSPS) is 15.7. The Labute approximate surface area is 200 Å². The minimum absolute atomic E-state index is 0.0178. The number of benzene rings is 1. The van der Waals surface area contributed by atoms with Crippen molar-refractivity contribution in [3.8, 4) is 0 Å². The Kier molecular flexibility index (Phi) is 13.8. The van der Waals surface area contributed by atoms with Gasteiger partial charge < -0.3 is 9.64 Å². The van der Waals surface area contributed by atoms with Crippen LogP contribution in [0, 0.1) is 5.82 Å². The fourth-order valence-corrected chi connectivity index (χ4v) is 4.61. The number of carbonyl (C=O) groups excluding carboxylic acids is 2. The number of carbonyl (C=O) groups is 2. The Morgan fingerprint density at radius 1 is 0.879 bits per heavy atom. The lowest BCUT2D eigenvalue weighted by molar-refractivity contribution is -0.148. The van der Waals surface area contributed by atoms with Crippen LogP contribution in [0.3, 0.4) is 0 Å². The van der Waals surface area contributed by atoms with E-state index in [9.17, 15) is 14.0 Å². The molecule has 0 radical (unpaired) electrons. The molecule has 1 amide bonds. The topological polar surface area (TPSA) is 46.6 Å². The summed E-state index contributed by atoms with van der Waals surface area (Å²) in [5.41, 5.74) is 0.0178. The number of esters is 1. The lowest BCUT2D eigenvalue weighted by Gasteiger charge is -2.23. The van der Waals surface area contributed by atoms with E-state index >= 15 is 0 Å². The minimum atomic E-state index is -0.594. The van der Waals surface area contributed by atoms with Gasteiger partial charge in [0.25, 0.3) is 5.91 Å². The minimum Gasteiger partial charge on any atom is -0.464 e. The first kappa shape index (κ1) is 27.3. The molecule has 0 N–H and O–H groups in total. The number of rotatable bonds is 17. The van der Waals surface area contributed by atoms with Crippen LogP contribution in [0.2, 0.25) is 0 Å². The van der Waals surface area contributed by atoms with Crippen LogP contribution in [0.15, 0.2) is 24.3 Å². The van der Waals surface area contributed by atoms with E-state index in [1.165, 1.54) is 94.1 Å². The summed E-state index contributed by atoms with van der Waals surface area (Å²) in [5.74, 6) is -1.33. The lowest BCUT2D eigenvalue weighted by atomic mass is 10.0. The van der Waals surface area contributed by atoms with E-state index in [1.54, 1.807) is 12.1 Å². The van der Waals surface area contributed by atoms with Crippen LogP contribution in [0.4, 0.5) is 4.39 Å². The Bertz CT molecular complexity index is 693. The predicted molar refractivity (Wildman–Crippen MR) is 132 cm³/mol. The van der Waals surface area contributed by atoms with Crippen molar-refractivity contribution >= 4 is 11.9 Å². The van der Waals surface area contributed by atoms with Crippen molar-refractivity contribution in [2.24, 2.45) is 0 Å². The predicted octanol–water partition coefficient (Wildman–Crippen LogP) is 7.45. The first-order valence-electron chi connectivity index (χ1n) is 13.4. The second kappa shape index (κ2) is 16.7. The van der Waals surface area contributed by atoms with Crippen LogP contribution in [-0.4, -0.2) is 36.0 Å². The second-order valence-electron chi connectivity index (χ2n) is 9.40.